The standard InChI is InChI=1S/C9H10N2O4/c10-8-2-1-6(3-4-11(14)15)5-7(8)9(12)13/h1-2,5H,3-4,10H2,(H,12,13). The minimum absolute atomic E-state index is 0.0177. The maximum absolute atomic E-state index is 10.7. The lowest BCUT2D eigenvalue weighted by Gasteiger charge is -2.03. The van der Waals surface area contributed by atoms with E-state index in [2.05, 4.69) is 0 Å². The third-order valence-electron chi connectivity index (χ3n) is 1.93. The largest absolute Gasteiger partial charge is 0.478 e. The number of benzene rings is 1. The summed E-state index contributed by atoms with van der Waals surface area (Å²) in [6.45, 7) is -0.219. The lowest BCUT2D eigenvalue weighted by molar-refractivity contribution is -0.479. The molecule has 1 rings (SSSR count). The smallest absolute Gasteiger partial charge is 0.337 e. The average Bonchev–Trinajstić information content (AvgIpc) is 2.16. The van der Waals surface area contributed by atoms with Crippen LogP contribution in [0.15, 0.2) is 18.2 Å². The van der Waals surface area contributed by atoms with Crippen LogP contribution in [0.1, 0.15) is 15.9 Å². The van der Waals surface area contributed by atoms with Gasteiger partial charge in [-0.25, -0.2) is 4.79 Å². The van der Waals surface area contributed by atoms with Crippen LogP contribution in [0.4, 0.5) is 5.69 Å². The summed E-state index contributed by atoms with van der Waals surface area (Å²) in [5.74, 6) is -1.13. The quantitative estimate of drug-likeness (QED) is 0.434. The summed E-state index contributed by atoms with van der Waals surface area (Å²) in [6.07, 6.45) is 0.202. The van der Waals surface area contributed by atoms with Crippen molar-refractivity contribution in [3.05, 3.63) is 39.4 Å². The molecule has 0 saturated heterocycles. The van der Waals surface area contributed by atoms with Crippen LogP contribution in [0.5, 0.6) is 0 Å². The fraction of sp³-hybridized carbons (Fsp3) is 0.222. The van der Waals surface area contributed by atoms with E-state index in [9.17, 15) is 14.9 Å². The Kier molecular flexibility index (Phi) is 3.22. The molecule has 0 amide bonds. The summed E-state index contributed by atoms with van der Waals surface area (Å²) in [6, 6.07) is 4.39. The minimum atomic E-state index is -1.13. The molecule has 0 spiro atoms. The molecule has 3 N–H and O–H groups in total. The summed E-state index contributed by atoms with van der Waals surface area (Å²) in [5, 5.41) is 18.9. The number of hydrogen-bond donors (Lipinski definition) is 2. The summed E-state index contributed by atoms with van der Waals surface area (Å²) in [4.78, 5) is 20.4. The lowest BCUT2D eigenvalue weighted by atomic mass is 10.1. The fourth-order valence-corrected chi connectivity index (χ4v) is 1.16. The van der Waals surface area contributed by atoms with Gasteiger partial charge in [-0.1, -0.05) is 6.07 Å². The van der Waals surface area contributed by atoms with Gasteiger partial charge in [0, 0.05) is 17.0 Å². The molecule has 0 unspecified atom stereocenters. The van der Waals surface area contributed by atoms with Crippen molar-refractivity contribution < 1.29 is 14.8 Å². The van der Waals surface area contributed by atoms with Gasteiger partial charge in [-0.2, -0.15) is 0 Å². The molecule has 0 heterocycles. The number of carboxylic acid groups (broad SMARTS) is 1. The number of nitrogens with two attached hydrogens (primary N) is 1. The van der Waals surface area contributed by atoms with Gasteiger partial charge in [0.05, 0.1) is 5.56 Å². The zero-order valence-corrected chi connectivity index (χ0v) is 7.84. The molecule has 0 saturated carbocycles. The van der Waals surface area contributed by atoms with Crippen LogP contribution < -0.4 is 5.73 Å². The van der Waals surface area contributed by atoms with Gasteiger partial charge in [0.15, 0.2) is 0 Å². The zero-order valence-electron chi connectivity index (χ0n) is 7.84. The molecule has 0 fully saturated rings. The van der Waals surface area contributed by atoms with Gasteiger partial charge in [-0.3, -0.25) is 10.1 Å². The molecule has 6 heteroatoms. The van der Waals surface area contributed by atoms with Gasteiger partial charge in [0.1, 0.15) is 0 Å². The molecule has 0 aromatic heterocycles. The monoisotopic (exact) mass is 210 g/mol. The Labute approximate surface area is 85.5 Å². The third kappa shape index (κ3) is 2.94. The second-order valence-corrected chi connectivity index (χ2v) is 3.03. The molecule has 80 valence electrons. The van der Waals surface area contributed by atoms with E-state index >= 15 is 0 Å². The highest BCUT2D eigenvalue weighted by Crippen LogP contribution is 2.14. The Morgan fingerprint density at radius 2 is 2.20 bits per heavy atom. The number of aromatic carboxylic acids is 1. The highest BCUT2D eigenvalue weighted by Gasteiger charge is 2.09. The molecular formula is C9H10N2O4. The number of nitrogen functional groups attached to an aromatic ring is 1. The molecule has 0 aliphatic carbocycles. The van der Waals surface area contributed by atoms with E-state index < -0.39 is 10.9 Å². The van der Waals surface area contributed by atoms with Gasteiger partial charge in [-0.15, -0.1) is 0 Å². The van der Waals surface area contributed by atoms with E-state index in [1.807, 2.05) is 0 Å². The molecule has 15 heavy (non-hydrogen) atoms. The van der Waals surface area contributed by atoms with Crippen LogP contribution in [0.2, 0.25) is 0 Å². The molecule has 0 bridgehead atoms. The summed E-state index contributed by atoms with van der Waals surface area (Å²) in [7, 11) is 0. The molecule has 6 nitrogen and oxygen atoms in total. The second kappa shape index (κ2) is 4.41. The van der Waals surface area contributed by atoms with E-state index in [1.54, 1.807) is 6.07 Å². The van der Waals surface area contributed by atoms with Crippen LogP contribution in [0, 0.1) is 10.1 Å². The number of nitro groups is 1. The van der Waals surface area contributed by atoms with Gasteiger partial charge in [0.2, 0.25) is 6.54 Å². The number of hydrogen-bond acceptors (Lipinski definition) is 4. The molecular weight excluding hydrogens is 200 g/mol. The van der Waals surface area contributed by atoms with Crippen LogP contribution in [0.25, 0.3) is 0 Å². The van der Waals surface area contributed by atoms with Crippen molar-refractivity contribution in [3.63, 3.8) is 0 Å². The average molecular weight is 210 g/mol. The van der Waals surface area contributed by atoms with Gasteiger partial charge in [-0.05, 0) is 17.7 Å². The number of rotatable bonds is 4. The first-order valence-corrected chi connectivity index (χ1v) is 4.24. The summed E-state index contributed by atoms with van der Waals surface area (Å²) in [5.41, 5.74) is 6.17. The second-order valence-electron chi connectivity index (χ2n) is 3.03. The van der Waals surface area contributed by atoms with Crippen molar-refractivity contribution in [2.24, 2.45) is 0 Å². The van der Waals surface area contributed by atoms with E-state index in [0.29, 0.717) is 5.56 Å². The Balaban J connectivity index is 2.87. The highest BCUT2D eigenvalue weighted by atomic mass is 16.6. The predicted octanol–water partition coefficient (Wildman–Crippen LogP) is 0.786. The van der Waals surface area contributed by atoms with Crippen LogP contribution >= 0.6 is 0 Å². The van der Waals surface area contributed by atoms with Crippen molar-refractivity contribution in [3.8, 4) is 0 Å². The Bertz CT molecular complexity index is 403. The molecule has 0 atom stereocenters. The van der Waals surface area contributed by atoms with Gasteiger partial charge < -0.3 is 10.8 Å². The molecule has 1 aromatic carbocycles. The SMILES string of the molecule is Nc1ccc(CC[N+](=O)[O-])cc1C(=O)O. The third-order valence-corrected chi connectivity index (χ3v) is 1.93. The molecule has 0 aliphatic heterocycles. The van der Waals surface area contributed by atoms with Crippen molar-refractivity contribution in [2.45, 2.75) is 6.42 Å². The zero-order chi connectivity index (χ0) is 11.4. The Morgan fingerprint density at radius 3 is 2.73 bits per heavy atom. The number of carboxylic acids is 1. The van der Waals surface area contributed by atoms with E-state index in [4.69, 9.17) is 10.8 Å². The lowest BCUT2D eigenvalue weighted by Crippen LogP contribution is -2.07. The number of anilines is 1. The Morgan fingerprint density at radius 1 is 1.53 bits per heavy atom. The van der Waals surface area contributed by atoms with Crippen LogP contribution in [-0.2, 0) is 6.42 Å². The molecule has 0 aliphatic rings. The topological polar surface area (TPSA) is 106 Å². The van der Waals surface area contributed by atoms with Crippen LogP contribution in [0.3, 0.4) is 0 Å². The van der Waals surface area contributed by atoms with E-state index in [-0.39, 0.29) is 24.2 Å². The molecule has 0 radical (unpaired) electrons. The van der Waals surface area contributed by atoms with Crippen molar-refractivity contribution in [1.29, 1.82) is 0 Å². The predicted molar refractivity (Wildman–Crippen MR) is 53.4 cm³/mol. The summed E-state index contributed by atoms with van der Waals surface area (Å²) >= 11 is 0. The van der Waals surface area contributed by atoms with Crippen molar-refractivity contribution >= 4 is 11.7 Å². The minimum Gasteiger partial charge on any atom is -0.478 e. The first kappa shape index (κ1) is 11.0. The first-order valence-electron chi connectivity index (χ1n) is 4.24. The maximum atomic E-state index is 10.7. The highest BCUT2D eigenvalue weighted by molar-refractivity contribution is 5.93. The molecule has 1 aromatic rings. The van der Waals surface area contributed by atoms with Gasteiger partial charge in [0.25, 0.3) is 0 Å². The summed E-state index contributed by atoms with van der Waals surface area (Å²) < 4.78 is 0. The number of carbonyl (C=O) groups is 1. The Hall–Kier alpha value is -2.11. The van der Waals surface area contributed by atoms with E-state index in [0.717, 1.165) is 0 Å². The first-order chi connectivity index (χ1) is 7.00. The van der Waals surface area contributed by atoms with Crippen molar-refractivity contribution in [2.75, 3.05) is 12.3 Å². The fourth-order valence-electron chi connectivity index (χ4n) is 1.16. The van der Waals surface area contributed by atoms with Crippen molar-refractivity contribution in [1.82, 2.24) is 0 Å². The normalized spacial score (nSPS) is 9.87. The van der Waals surface area contributed by atoms with E-state index in [1.165, 1.54) is 12.1 Å². The van der Waals surface area contributed by atoms with Gasteiger partial charge >= 0.3 is 5.97 Å². The number of nitrogens with zero attached hydrogens (tertiary/aromatic N) is 1. The van der Waals surface area contributed by atoms with Crippen LogP contribution in [-0.4, -0.2) is 22.5 Å². The maximum Gasteiger partial charge on any atom is 0.337 e.